The van der Waals surface area contributed by atoms with Gasteiger partial charge in [0, 0.05) is 12.7 Å². The molecule has 0 aliphatic heterocycles. The zero-order valence-corrected chi connectivity index (χ0v) is 10.5. The van der Waals surface area contributed by atoms with Crippen molar-refractivity contribution >= 4 is 17.6 Å². The minimum atomic E-state index is -4.43. The number of nitrogens with zero attached hydrogens (tertiary/aromatic N) is 2. The molecule has 0 saturated carbocycles. The summed E-state index contributed by atoms with van der Waals surface area (Å²) in [5.74, 6) is -0.171. The van der Waals surface area contributed by atoms with Crippen molar-refractivity contribution in [3.05, 3.63) is 29.8 Å². The molecule has 0 atom stereocenters. The molecule has 110 valence electrons. The predicted octanol–water partition coefficient (Wildman–Crippen LogP) is 1.92. The second-order valence-corrected chi connectivity index (χ2v) is 3.95. The van der Waals surface area contributed by atoms with E-state index in [1.165, 1.54) is 7.05 Å². The number of amides is 2. The molecule has 1 rings (SSSR count). The quantitative estimate of drug-likeness (QED) is 0.344. The molecular formula is C11H13F3N4O2. The van der Waals surface area contributed by atoms with Crippen LogP contribution < -0.4 is 11.1 Å². The predicted molar refractivity (Wildman–Crippen MR) is 66.5 cm³/mol. The Bertz CT molecular complexity index is 499. The van der Waals surface area contributed by atoms with Gasteiger partial charge in [-0.25, -0.2) is 4.79 Å². The van der Waals surface area contributed by atoms with Crippen LogP contribution in [-0.2, 0) is 6.18 Å². The lowest BCUT2D eigenvalue weighted by Crippen LogP contribution is -2.38. The molecule has 2 amide bonds. The van der Waals surface area contributed by atoms with Crippen molar-refractivity contribution in [2.24, 2.45) is 10.9 Å². The molecule has 0 fully saturated rings. The molecule has 0 unspecified atom stereocenters. The second kappa shape index (κ2) is 6.13. The maximum atomic E-state index is 12.3. The number of halogens is 3. The van der Waals surface area contributed by atoms with Gasteiger partial charge in [-0.05, 0) is 24.3 Å². The first-order chi connectivity index (χ1) is 9.24. The Labute approximate surface area is 112 Å². The smallest absolute Gasteiger partial charge is 0.409 e. The first-order valence-corrected chi connectivity index (χ1v) is 5.40. The van der Waals surface area contributed by atoms with Crippen molar-refractivity contribution in [1.82, 2.24) is 4.90 Å². The van der Waals surface area contributed by atoms with Gasteiger partial charge in [0.15, 0.2) is 5.84 Å². The van der Waals surface area contributed by atoms with Crippen LogP contribution in [0.4, 0.5) is 23.7 Å². The first kappa shape index (κ1) is 15.6. The lowest BCUT2D eigenvalue weighted by atomic mass is 10.2. The Morgan fingerprint density at radius 1 is 1.40 bits per heavy atom. The van der Waals surface area contributed by atoms with E-state index in [4.69, 9.17) is 10.9 Å². The Hall–Kier alpha value is -2.45. The van der Waals surface area contributed by atoms with Gasteiger partial charge in [0.25, 0.3) is 0 Å². The number of hydrogen-bond donors (Lipinski definition) is 3. The first-order valence-electron chi connectivity index (χ1n) is 5.40. The van der Waals surface area contributed by atoms with Gasteiger partial charge in [0.2, 0.25) is 0 Å². The number of likely N-dealkylation sites (N-methyl/N-ethyl adjacent to an activating group) is 1. The van der Waals surface area contributed by atoms with Gasteiger partial charge in [-0.1, -0.05) is 5.16 Å². The molecule has 1 aromatic rings. The fourth-order valence-corrected chi connectivity index (χ4v) is 1.31. The molecule has 9 heteroatoms. The van der Waals surface area contributed by atoms with Crippen LogP contribution >= 0.6 is 0 Å². The minimum absolute atomic E-state index is 0.122. The molecule has 20 heavy (non-hydrogen) atoms. The average Bonchev–Trinajstić information content (AvgIpc) is 2.38. The Balaban J connectivity index is 2.67. The van der Waals surface area contributed by atoms with E-state index in [2.05, 4.69) is 10.5 Å². The highest BCUT2D eigenvalue weighted by Crippen LogP contribution is 2.29. The van der Waals surface area contributed by atoms with Crippen LogP contribution in [0.15, 0.2) is 29.4 Å². The Morgan fingerprint density at radius 3 is 2.40 bits per heavy atom. The van der Waals surface area contributed by atoms with Crippen molar-refractivity contribution in [2.45, 2.75) is 6.18 Å². The number of oxime groups is 1. The van der Waals surface area contributed by atoms with E-state index in [9.17, 15) is 18.0 Å². The van der Waals surface area contributed by atoms with Crippen molar-refractivity contribution in [1.29, 1.82) is 0 Å². The zero-order valence-electron chi connectivity index (χ0n) is 10.5. The fraction of sp³-hybridized carbons (Fsp3) is 0.273. The van der Waals surface area contributed by atoms with E-state index in [1.54, 1.807) is 0 Å². The fourth-order valence-electron chi connectivity index (χ4n) is 1.31. The Kier molecular flexibility index (Phi) is 4.78. The molecule has 0 aliphatic rings. The summed E-state index contributed by atoms with van der Waals surface area (Å²) in [6.45, 7) is -0.122. The van der Waals surface area contributed by atoms with E-state index >= 15 is 0 Å². The SMILES string of the molecule is CN(CC(N)=NO)C(=O)Nc1ccc(C(F)(F)F)cc1. The molecule has 0 bridgehead atoms. The highest BCUT2D eigenvalue weighted by atomic mass is 19.4. The number of amidine groups is 1. The lowest BCUT2D eigenvalue weighted by Gasteiger charge is -2.17. The van der Waals surface area contributed by atoms with E-state index in [0.29, 0.717) is 0 Å². The number of rotatable bonds is 3. The third-order valence-corrected chi connectivity index (χ3v) is 2.34. The number of nitrogens with one attached hydrogen (secondary N) is 1. The van der Waals surface area contributed by atoms with Gasteiger partial charge in [-0.3, -0.25) is 0 Å². The van der Waals surface area contributed by atoms with Gasteiger partial charge < -0.3 is 21.2 Å². The highest BCUT2D eigenvalue weighted by Gasteiger charge is 2.30. The van der Waals surface area contributed by atoms with Crippen LogP contribution in [0.5, 0.6) is 0 Å². The summed E-state index contributed by atoms with van der Waals surface area (Å²) in [7, 11) is 1.39. The monoisotopic (exact) mass is 290 g/mol. The zero-order chi connectivity index (χ0) is 15.3. The van der Waals surface area contributed by atoms with E-state index < -0.39 is 17.8 Å². The van der Waals surface area contributed by atoms with Crippen molar-refractivity contribution in [2.75, 3.05) is 18.9 Å². The number of hydrogen-bond acceptors (Lipinski definition) is 3. The summed E-state index contributed by atoms with van der Waals surface area (Å²) in [4.78, 5) is 12.7. The van der Waals surface area contributed by atoms with Crippen molar-refractivity contribution in [3.8, 4) is 0 Å². The van der Waals surface area contributed by atoms with Crippen LogP contribution in [0.2, 0.25) is 0 Å². The molecule has 6 nitrogen and oxygen atoms in total. The molecule has 0 spiro atoms. The van der Waals surface area contributed by atoms with Crippen molar-refractivity contribution in [3.63, 3.8) is 0 Å². The van der Waals surface area contributed by atoms with Gasteiger partial charge in [0.1, 0.15) is 0 Å². The molecule has 0 heterocycles. The van der Waals surface area contributed by atoms with Crippen molar-refractivity contribution < 1.29 is 23.2 Å². The largest absolute Gasteiger partial charge is 0.416 e. The summed E-state index contributed by atoms with van der Waals surface area (Å²) in [6, 6.07) is 3.39. The van der Waals surface area contributed by atoms with Crippen LogP contribution in [-0.4, -0.2) is 35.6 Å². The third kappa shape index (κ3) is 4.34. The number of nitrogens with two attached hydrogens (primary N) is 1. The highest BCUT2D eigenvalue weighted by molar-refractivity contribution is 5.92. The average molecular weight is 290 g/mol. The number of anilines is 1. The van der Waals surface area contributed by atoms with Gasteiger partial charge in [-0.2, -0.15) is 13.2 Å². The van der Waals surface area contributed by atoms with E-state index in [1.807, 2.05) is 0 Å². The molecule has 0 saturated heterocycles. The molecular weight excluding hydrogens is 277 g/mol. The number of carbonyl (C=O) groups excluding carboxylic acids is 1. The Morgan fingerprint density at radius 2 is 1.95 bits per heavy atom. The van der Waals surface area contributed by atoms with Crippen LogP contribution in [0, 0.1) is 0 Å². The third-order valence-electron chi connectivity index (χ3n) is 2.34. The van der Waals surface area contributed by atoms with Gasteiger partial charge in [-0.15, -0.1) is 0 Å². The number of alkyl halides is 3. The number of carbonyl (C=O) groups is 1. The summed E-state index contributed by atoms with van der Waals surface area (Å²) >= 11 is 0. The standard InChI is InChI=1S/C11H13F3N4O2/c1-18(6-9(15)17-20)10(19)16-8-4-2-7(3-5-8)11(12,13)14/h2-5,20H,6H2,1H3,(H2,15,17)(H,16,19). The molecule has 1 aromatic carbocycles. The number of benzene rings is 1. The summed E-state index contributed by atoms with van der Waals surface area (Å²) in [5.41, 5.74) is 4.62. The van der Waals surface area contributed by atoms with Gasteiger partial charge in [0.05, 0.1) is 12.1 Å². The van der Waals surface area contributed by atoms with E-state index in [-0.39, 0.29) is 18.1 Å². The summed E-state index contributed by atoms with van der Waals surface area (Å²) < 4.78 is 37.0. The summed E-state index contributed by atoms with van der Waals surface area (Å²) in [5, 5.41) is 13.4. The maximum Gasteiger partial charge on any atom is 0.416 e. The summed E-state index contributed by atoms with van der Waals surface area (Å²) in [6.07, 6.45) is -4.43. The molecule has 0 radical (unpaired) electrons. The van der Waals surface area contributed by atoms with Crippen LogP contribution in [0.3, 0.4) is 0 Å². The van der Waals surface area contributed by atoms with Crippen LogP contribution in [0.1, 0.15) is 5.56 Å². The van der Waals surface area contributed by atoms with Crippen LogP contribution in [0.25, 0.3) is 0 Å². The normalized spacial score (nSPS) is 12.1. The lowest BCUT2D eigenvalue weighted by molar-refractivity contribution is -0.137. The van der Waals surface area contributed by atoms with E-state index in [0.717, 1.165) is 29.2 Å². The number of urea groups is 1. The topological polar surface area (TPSA) is 90.9 Å². The maximum absolute atomic E-state index is 12.3. The molecule has 0 aliphatic carbocycles. The minimum Gasteiger partial charge on any atom is -0.409 e. The second-order valence-electron chi connectivity index (χ2n) is 3.95. The van der Waals surface area contributed by atoms with Gasteiger partial charge >= 0.3 is 12.2 Å². The molecule has 0 aromatic heterocycles. The molecule has 4 N–H and O–H groups in total.